The molecular weight excluding hydrogens is 330 g/mol. The summed E-state index contributed by atoms with van der Waals surface area (Å²) >= 11 is 1.57. The fraction of sp³-hybridized carbons (Fsp3) is 0.143. The van der Waals surface area contributed by atoms with Gasteiger partial charge in [-0.15, -0.1) is 11.8 Å². The summed E-state index contributed by atoms with van der Waals surface area (Å²) in [5.41, 5.74) is 2.46. The summed E-state index contributed by atoms with van der Waals surface area (Å²) in [7, 11) is 0. The number of rotatable bonds is 6. The second-order valence-corrected chi connectivity index (χ2v) is 6.85. The number of benzene rings is 3. The van der Waals surface area contributed by atoms with E-state index in [1.165, 1.54) is 23.3 Å². The summed E-state index contributed by atoms with van der Waals surface area (Å²) in [6.45, 7) is 1.51. The summed E-state index contributed by atoms with van der Waals surface area (Å²) in [6.07, 6.45) is 0. The fourth-order valence-corrected chi connectivity index (χ4v) is 3.38. The highest BCUT2D eigenvalue weighted by molar-refractivity contribution is 7.99. The van der Waals surface area contributed by atoms with Crippen LogP contribution in [0.1, 0.15) is 22.8 Å². The first kappa shape index (κ1) is 17.2. The van der Waals surface area contributed by atoms with Crippen molar-refractivity contribution in [3.8, 4) is 0 Å². The summed E-state index contributed by atoms with van der Waals surface area (Å²) in [5.74, 6) is 1.08. The van der Waals surface area contributed by atoms with Crippen molar-refractivity contribution in [3.63, 3.8) is 0 Å². The minimum atomic E-state index is -0.0634. The molecule has 0 fully saturated rings. The fourth-order valence-electron chi connectivity index (χ4n) is 2.60. The van der Waals surface area contributed by atoms with E-state index < -0.39 is 0 Å². The highest BCUT2D eigenvalue weighted by Gasteiger charge is 2.06. The second kappa shape index (κ2) is 7.99. The molecule has 3 nitrogen and oxygen atoms in total. The van der Waals surface area contributed by atoms with Crippen LogP contribution < -0.4 is 5.32 Å². The maximum atomic E-state index is 12.1. The van der Waals surface area contributed by atoms with Crippen LogP contribution >= 0.6 is 11.8 Å². The average molecular weight is 349 g/mol. The molecule has 0 aliphatic carbocycles. The van der Waals surface area contributed by atoms with Gasteiger partial charge in [0.2, 0.25) is 5.91 Å². The average Bonchev–Trinajstić information content (AvgIpc) is 2.62. The molecule has 0 aliphatic rings. The van der Waals surface area contributed by atoms with Crippen molar-refractivity contribution in [2.75, 3.05) is 11.1 Å². The third kappa shape index (κ3) is 4.70. The monoisotopic (exact) mass is 349 g/mol. The molecule has 0 heterocycles. The number of amides is 1. The van der Waals surface area contributed by atoms with Crippen LogP contribution in [0.5, 0.6) is 0 Å². The molecule has 0 saturated carbocycles. The van der Waals surface area contributed by atoms with Gasteiger partial charge in [0.25, 0.3) is 0 Å². The van der Waals surface area contributed by atoms with Crippen LogP contribution in [-0.2, 0) is 10.5 Å². The van der Waals surface area contributed by atoms with Crippen molar-refractivity contribution >= 4 is 39.9 Å². The van der Waals surface area contributed by atoms with Gasteiger partial charge in [-0.05, 0) is 35.4 Å². The molecule has 25 heavy (non-hydrogen) atoms. The zero-order chi connectivity index (χ0) is 17.6. The predicted octanol–water partition coefficient (Wildman–Crippen LogP) is 4.91. The number of carbonyl (C=O) groups excluding carboxylic acids is 2. The Hall–Kier alpha value is -2.59. The standard InChI is InChI=1S/C21H19NO2S/c1-15(23)18-7-4-8-20(12-18)22-21(24)14-25-13-16-9-10-17-5-2-3-6-19(17)11-16/h2-12H,13-14H2,1H3,(H,22,24). The van der Waals surface area contributed by atoms with Crippen molar-refractivity contribution in [1.82, 2.24) is 0 Å². The quantitative estimate of drug-likeness (QED) is 0.643. The Labute approximate surface area is 151 Å². The van der Waals surface area contributed by atoms with E-state index >= 15 is 0 Å². The number of anilines is 1. The van der Waals surface area contributed by atoms with Gasteiger partial charge in [0.1, 0.15) is 0 Å². The Kier molecular flexibility index (Phi) is 5.51. The van der Waals surface area contributed by atoms with Gasteiger partial charge < -0.3 is 5.32 Å². The Morgan fingerprint density at radius 2 is 1.72 bits per heavy atom. The third-order valence-electron chi connectivity index (χ3n) is 3.87. The van der Waals surface area contributed by atoms with Crippen LogP contribution in [0.15, 0.2) is 66.7 Å². The normalized spacial score (nSPS) is 10.6. The minimum Gasteiger partial charge on any atom is -0.325 e. The van der Waals surface area contributed by atoms with E-state index in [2.05, 4.69) is 35.6 Å². The van der Waals surface area contributed by atoms with Gasteiger partial charge in [-0.25, -0.2) is 0 Å². The van der Waals surface area contributed by atoms with Gasteiger partial charge in [0, 0.05) is 17.0 Å². The molecule has 3 aromatic rings. The van der Waals surface area contributed by atoms with Crippen molar-refractivity contribution in [1.29, 1.82) is 0 Å². The molecule has 3 rings (SSSR count). The van der Waals surface area contributed by atoms with Gasteiger partial charge in [-0.3, -0.25) is 9.59 Å². The topological polar surface area (TPSA) is 46.2 Å². The second-order valence-electron chi connectivity index (χ2n) is 5.86. The summed E-state index contributed by atoms with van der Waals surface area (Å²) in [6, 6.07) is 21.6. The third-order valence-corrected chi connectivity index (χ3v) is 4.87. The van der Waals surface area contributed by atoms with E-state index in [9.17, 15) is 9.59 Å². The van der Waals surface area contributed by atoms with Gasteiger partial charge in [0.15, 0.2) is 5.78 Å². The molecule has 1 N–H and O–H groups in total. The number of hydrogen-bond acceptors (Lipinski definition) is 3. The molecule has 0 spiro atoms. The lowest BCUT2D eigenvalue weighted by Crippen LogP contribution is -2.14. The molecule has 126 valence electrons. The van der Waals surface area contributed by atoms with Crippen LogP contribution in [0, 0.1) is 0 Å². The number of hydrogen-bond donors (Lipinski definition) is 1. The number of ketones is 1. The smallest absolute Gasteiger partial charge is 0.234 e. The molecule has 0 aromatic heterocycles. The van der Waals surface area contributed by atoms with E-state index in [0.29, 0.717) is 17.0 Å². The Bertz CT molecular complexity index is 920. The lowest BCUT2D eigenvalue weighted by molar-refractivity contribution is -0.113. The number of Topliss-reactive ketones (excluding diaryl/α,β-unsaturated/α-hetero) is 1. The van der Waals surface area contributed by atoms with Gasteiger partial charge >= 0.3 is 0 Å². The number of nitrogens with one attached hydrogen (secondary N) is 1. The first-order valence-electron chi connectivity index (χ1n) is 8.08. The number of thioether (sulfide) groups is 1. The van der Waals surface area contributed by atoms with Gasteiger partial charge in [-0.1, -0.05) is 54.6 Å². The lowest BCUT2D eigenvalue weighted by atomic mass is 10.1. The maximum absolute atomic E-state index is 12.1. The molecule has 0 aliphatic heterocycles. The Morgan fingerprint density at radius 3 is 2.52 bits per heavy atom. The predicted molar refractivity (Wildman–Crippen MR) is 105 cm³/mol. The zero-order valence-electron chi connectivity index (χ0n) is 14.0. The first-order chi connectivity index (χ1) is 12.1. The van der Waals surface area contributed by atoms with E-state index in [0.717, 1.165) is 5.75 Å². The summed E-state index contributed by atoms with van der Waals surface area (Å²) < 4.78 is 0. The Balaban J connectivity index is 1.53. The summed E-state index contributed by atoms with van der Waals surface area (Å²) in [5, 5.41) is 5.28. The first-order valence-corrected chi connectivity index (χ1v) is 9.23. The minimum absolute atomic E-state index is 0.0122. The molecule has 1 amide bonds. The van der Waals surface area contributed by atoms with Crippen molar-refractivity contribution in [2.24, 2.45) is 0 Å². The molecule has 0 saturated heterocycles. The van der Waals surface area contributed by atoms with Crippen molar-refractivity contribution < 1.29 is 9.59 Å². The van der Waals surface area contributed by atoms with E-state index in [1.807, 2.05) is 12.1 Å². The molecule has 0 unspecified atom stereocenters. The Morgan fingerprint density at radius 1 is 0.920 bits per heavy atom. The van der Waals surface area contributed by atoms with Crippen LogP contribution in [-0.4, -0.2) is 17.4 Å². The van der Waals surface area contributed by atoms with E-state index in [1.54, 1.807) is 36.0 Å². The molecular formula is C21H19NO2S. The van der Waals surface area contributed by atoms with E-state index in [-0.39, 0.29) is 11.7 Å². The highest BCUT2D eigenvalue weighted by atomic mass is 32.2. The van der Waals surface area contributed by atoms with Crippen LogP contribution in [0.4, 0.5) is 5.69 Å². The molecule has 0 bridgehead atoms. The number of carbonyl (C=O) groups is 2. The van der Waals surface area contributed by atoms with Crippen molar-refractivity contribution in [2.45, 2.75) is 12.7 Å². The largest absolute Gasteiger partial charge is 0.325 e. The number of fused-ring (bicyclic) bond motifs is 1. The molecule has 0 radical (unpaired) electrons. The van der Waals surface area contributed by atoms with Crippen LogP contribution in [0.25, 0.3) is 10.8 Å². The maximum Gasteiger partial charge on any atom is 0.234 e. The molecule has 3 aromatic carbocycles. The van der Waals surface area contributed by atoms with Crippen LogP contribution in [0.3, 0.4) is 0 Å². The van der Waals surface area contributed by atoms with Crippen molar-refractivity contribution in [3.05, 3.63) is 77.9 Å². The van der Waals surface area contributed by atoms with E-state index in [4.69, 9.17) is 0 Å². The van der Waals surface area contributed by atoms with Gasteiger partial charge in [-0.2, -0.15) is 0 Å². The zero-order valence-corrected chi connectivity index (χ0v) is 14.8. The molecule has 0 atom stereocenters. The van der Waals surface area contributed by atoms with Crippen LogP contribution in [0.2, 0.25) is 0 Å². The SMILES string of the molecule is CC(=O)c1cccc(NC(=O)CSCc2ccc3ccccc3c2)c1. The summed E-state index contributed by atoms with van der Waals surface area (Å²) in [4.78, 5) is 23.5. The van der Waals surface area contributed by atoms with Gasteiger partial charge in [0.05, 0.1) is 5.75 Å². The molecule has 4 heteroatoms. The lowest BCUT2D eigenvalue weighted by Gasteiger charge is -2.07. The highest BCUT2D eigenvalue weighted by Crippen LogP contribution is 2.19.